The first kappa shape index (κ1) is 18.7. The Morgan fingerprint density at radius 3 is 2.83 bits per heavy atom. The zero-order chi connectivity index (χ0) is 17.6. The second-order valence-corrected chi connectivity index (χ2v) is 7.65. The minimum atomic E-state index is -0.0441. The molecule has 1 heterocycles. The van der Waals surface area contributed by atoms with E-state index in [1.165, 1.54) is 5.56 Å². The summed E-state index contributed by atoms with van der Waals surface area (Å²) in [6.07, 6.45) is 3.85. The van der Waals surface area contributed by atoms with E-state index in [0.29, 0.717) is 12.6 Å². The van der Waals surface area contributed by atoms with E-state index in [-0.39, 0.29) is 11.3 Å². The Kier molecular flexibility index (Phi) is 6.58. The highest BCUT2D eigenvalue weighted by atomic mass is 16.5. The molecule has 1 aliphatic rings. The number of hydrogen-bond acceptors (Lipinski definition) is 3. The topological polar surface area (TPSA) is 41.6 Å². The third-order valence-corrected chi connectivity index (χ3v) is 3.92. The molecule has 1 aromatic carbocycles. The number of carbonyl (C=O) groups is 1. The summed E-state index contributed by atoms with van der Waals surface area (Å²) in [5.74, 6) is -0.0441. The average molecular weight is 330 g/mol. The number of nitrogens with zero attached hydrogens (tertiary/aromatic N) is 1. The number of amides is 1. The van der Waals surface area contributed by atoms with Crippen LogP contribution in [0.2, 0.25) is 0 Å². The molecule has 4 heteroatoms. The lowest BCUT2D eigenvalue weighted by atomic mass is 9.96. The van der Waals surface area contributed by atoms with E-state index < -0.39 is 0 Å². The van der Waals surface area contributed by atoms with E-state index in [1.807, 2.05) is 6.08 Å². The maximum atomic E-state index is 11.9. The highest BCUT2D eigenvalue weighted by Crippen LogP contribution is 2.14. The predicted molar refractivity (Wildman–Crippen MR) is 97.6 cm³/mol. The highest BCUT2D eigenvalue weighted by molar-refractivity contribution is 5.87. The molecule has 0 spiro atoms. The van der Waals surface area contributed by atoms with Crippen LogP contribution in [0.25, 0.3) is 0 Å². The van der Waals surface area contributed by atoms with Gasteiger partial charge < -0.3 is 10.1 Å². The van der Waals surface area contributed by atoms with Crippen molar-refractivity contribution in [3.05, 3.63) is 47.5 Å². The largest absolute Gasteiger partial charge is 0.376 e. The van der Waals surface area contributed by atoms with E-state index >= 15 is 0 Å². The van der Waals surface area contributed by atoms with Gasteiger partial charge in [0, 0.05) is 26.2 Å². The van der Waals surface area contributed by atoms with Gasteiger partial charge in [-0.1, -0.05) is 51.1 Å². The SMILES string of the molecule is CC1CN(Cc2cccc(CNC(=O)/C=C/C(C)(C)C)c2)CCO1. The fourth-order valence-corrected chi connectivity index (χ4v) is 2.70. The van der Waals surface area contributed by atoms with E-state index in [4.69, 9.17) is 4.74 Å². The Morgan fingerprint density at radius 1 is 1.38 bits per heavy atom. The van der Waals surface area contributed by atoms with Gasteiger partial charge in [-0.05, 0) is 29.5 Å². The number of allylic oxidation sites excluding steroid dienone is 1. The van der Waals surface area contributed by atoms with Crippen molar-refractivity contribution in [2.24, 2.45) is 5.41 Å². The highest BCUT2D eigenvalue weighted by Gasteiger charge is 2.16. The lowest BCUT2D eigenvalue weighted by molar-refractivity contribution is -0.116. The Balaban J connectivity index is 1.86. The summed E-state index contributed by atoms with van der Waals surface area (Å²) in [5.41, 5.74) is 2.43. The molecule has 0 saturated carbocycles. The van der Waals surface area contributed by atoms with Crippen molar-refractivity contribution >= 4 is 5.91 Å². The van der Waals surface area contributed by atoms with Crippen molar-refractivity contribution in [2.45, 2.75) is 46.9 Å². The molecule has 4 nitrogen and oxygen atoms in total. The molecule has 1 aromatic rings. The number of morpholine rings is 1. The molecule has 1 fully saturated rings. The smallest absolute Gasteiger partial charge is 0.243 e. The van der Waals surface area contributed by atoms with Crippen LogP contribution in [-0.4, -0.2) is 36.6 Å². The number of ether oxygens (including phenoxy) is 1. The number of rotatable bonds is 5. The summed E-state index contributed by atoms with van der Waals surface area (Å²) >= 11 is 0. The first-order valence-corrected chi connectivity index (χ1v) is 8.71. The summed E-state index contributed by atoms with van der Waals surface area (Å²) in [7, 11) is 0. The van der Waals surface area contributed by atoms with Crippen LogP contribution in [0.3, 0.4) is 0 Å². The van der Waals surface area contributed by atoms with Crippen LogP contribution in [0.15, 0.2) is 36.4 Å². The fraction of sp³-hybridized carbons (Fsp3) is 0.550. The van der Waals surface area contributed by atoms with Gasteiger partial charge in [0.05, 0.1) is 12.7 Å². The fourth-order valence-electron chi connectivity index (χ4n) is 2.70. The molecule has 0 aliphatic carbocycles. The minimum absolute atomic E-state index is 0.0204. The summed E-state index contributed by atoms with van der Waals surface area (Å²) in [6, 6.07) is 8.43. The molecule has 24 heavy (non-hydrogen) atoms. The van der Waals surface area contributed by atoms with Crippen LogP contribution in [-0.2, 0) is 22.6 Å². The molecule has 1 unspecified atom stereocenters. The van der Waals surface area contributed by atoms with Gasteiger partial charge in [0.25, 0.3) is 0 Å². The summed E-state index contributed by atoms with van der Waals surface area (Å²) < 4.78 is 5.59. The van der Waals surface area contributed by atoms with Crippen LogP contribution in [0.4, 0.5) is 0 Å². The van der Waals surface area contributed by atoms with Crippen molar-refractivity contribution < 1.29 is 9.53 Å². The first-order chi connectivity index (χ1) is 11.3. The van der Waals surface area contributed by atoms with Crippen molar-refractivity contribution in [3.8, 4) is 0 Å². The van der Waals surface area contributed by atoms with Gasteiger partial charge in [-0.2, -0.15) is 0 Å². The molecule has 1 amide bonds. The Labute approximate surface area is 145 Å². The molecule has 2 rings (SSSR count). The van der Waals surface area contributed by atoms with E-state index in [2.05, 4.69) is 62.2 Å². The van der Waals surface area contributed by atoms with Crippen molar-refractivity contribution in [3.63, 3.8) is 0 Å². The number of carbonyl (C=O) groups excluding carboxylic acids is 1. The van der Waals surface area contributed by atoms with E-state index in [9.17, 15) is 4.79 Å². The van der Waals surface area contributed by atoms with Gasteiger partial charge >= 0.3 is 0 Å². The molecule has 0 bridgehead atoms. The molecular formula is C20H30N2O2. The molecular weight excluding hydrogens is 300 g/mol. The van der Waals surface area contributed by atoms with Crippen molar-refractivity contribution in [2.75, 3.05) is 19.7 Å². The average Bonchev–Trinajstić information content (AvgIpc) is 2.51. The summed E-state index contributed by atoms with van der Waals surface area (Å²) in [5, 5.41) is 2.95. The summed E-state index contributed by atoms with van der Waals surface area (Å²) in [6.45, 7) is 12.6. The van der Waals surface area contributed by atoms with Gasteiger partial charge in [-0.25, -0.2) is 0 Å². The lowest BCUT2D eigenvalue weighted by Crippen LogP contribution is -2.40. The van der Waals surface area contributed by atoms with Crippen LogP contribution in [0.5, 0.6) is 0 Å². The second kappa shape index (κ2) is 8.45. The van der Waals surface area contributed by atoms with E-state index in [0.717, 1.165) is 31.8 Å². The monoisotopic (exact) mass is 330 g/mol. The lowest BCUT2D eigenvalue weighted by Gasteiger charge is -2.31. The molecule has 1 atom stereocenters. The minimum Gasteiger partial charge on any atom is -0.376 e. The number of hydrogen-bond donors (Lipinski definition) is 1. The van der Waals surface area contributed by atoms with Gasteiger partial charge in [0.1, 0.15) is 0 Å². The Bertz CT molecular complexity index is 575. The molecule has 1 saturated heterocycles. The summed E-state index contributed by atoms with van der Waals surface area (Å²) in [4.78, 5) is 14.3. The molecule has 0 aromatic heterocycles. The van der Waals surface area contributed by atoms with Crippen LogP contribution in [0, 0.1) is 5.41 Å². The second-order valence-electron chi connectivity index (χ2n) is 7.65. The van der Waals surface area contributed by atoms with Gasteiger partial charge in [0.2, 0.25) is 5.91 Å². The maximum Gasteiger partial charge on any atom is 0.243 e. The number of nitrogens with one attached hydrogen (secondary N) is 1. The van der Waals surface area contributed by atoms with Crippen LogP contribution >= 0.6 is 0 Å². The third-order valence-electron chi connectivity index (χ3n) is 3.92. The van der Waals surface area contributed by atoms with Crippen molar-refractivity contribution in [1.82, 2.24) is 10.2 Å². The van der Waals surface area contributed by atoms with Crippen LogP contribution < -0.4 is 5.32 Å². The van der Waals surface area contributed by atoms with Gasteiger partial charge in [0.15, 0.2) is 0 Å². The third kappa shape index (κ3) is 6.85. The molecule has 0 radical (unpaired) electrons. The normalized spacial score (nSPS) is 19.6. The Hall–Kier alpha value is -1.65. The maximum absolute atomic E-state index is 11.9. The quantitative estimate of drug-likeness (QED) is 0.844. The standard InChI is InChI=1S/C20H30N2O2/c1-16-14-22(10-11-24-16)15-18-7-5-6-17(12-18)13-21-19(23)8-9-20(2,3)4/h5-9,12,16H,10-11,13-15H2,1-4H3,(H,21,23)/b9-8+. The number of benzene rings is 1. The molecule has 132 valence electrons. The molecule has 1 aliphatic heterocycles. The van der Waals surface area contributed by atoms with Gasteiger partial charge in [-0.3, -0.25) is 9.69 Å². The van der Waals surface area contributed by atoms with Crippen LogP contribution in [0.1, 0.15) is 38.8 Å². The van der Waals surface area contributed by atoms with Crippen molar-refractivity contribution in [1.29, 1.82) is 0 Å². The molecule has 1 N–H and O–H groups in total. The van der Waals surface area contributed by atoms with Gasteiger partial charge in [-0.15, -0.1) is 0 Å². The zero-order valence-corrected chi connectivity index (χ0v) is 15.3. The van der Waals surface area contributed by atoms with E-state index in [1.54, 1.807) is 6.08 Å². The first-order valence-electron chi connectivity index (χ1n) is 8.71. The predicted octanol–water partition coefficient (Wildman–Crippen LogP) is 3.13. The Morgan fingerprint density at radius 2 is 2.12 bits per heavy atom. The zero-order valence-electron chi connectivity index (χ0n) is 15.3.